The lowest BCUT2D eigenvalue weighted by molar-refractivity contribution is 0.147. The SMILES string of the molecule is CCCCN(CC)c1c(OC)ccc(C2=CCOC2C)c1Cl. The van der Waals surface area contributed by atoms with Gasteiger partial charge in [0.1, 0.15) is 5.75 Å². The van der Waals surface area contributed by atoms with Crippen LogP contribution in [0.3, 0.4) is 0 Å². The Hall–Kier alpha value is -1.19. The summed E-state index contributed by atoms with van der Waals surface area (Å²) >= 11 is 6.77. The summed E-state index contributed by atoms with van der Waals surface area (Å²) in [5.41, 5.74) is 3.22. The minimum Gasteiger partial charge on any atom is -0.495 e. The molecule has 122 valence electrons. The van der Waals surface area contributed by atoms with E-state index in [4.69, 9.17) is 21.1 Å². The molecule has 1 aliphatic heterocycles. The van der Waals surface area contributed by atoms with Crippen LogP contribution in [0.15, 0.2) is 18.2 Å². The highest BCUT2D eigenvalue weighted by atomic mass is 35.5. The molecule has 0 saturated heterocycles. The first-order chi connectivity index (χ1) is 10.6. The quantitative estimate of drug-likeness (QED) is 0.721. The van der Waals surface area contributed by atoms with Gasteiger partial charge in [-0.3, -0.25) is 0 Å². The Labute approximate surface area is 138 Å². The lowest BCUT2D eigenvalue weighted by atomic mass is 10.0. The van der Waals surface area contributed by atoms with Crippen molar-refractivity contribution < 1.29 is 9.47 Å². The van der Waals surface area contributed by atoms with Crippen LogP contribution in [-0.2, 0) is 4.74 Å². The second-order valence-electron chi connectivity index (χ2n) is 5.55. The van der Waals surface area contributed by atoms with E-state index >= 15 is 0 Å². The van der Waals surface area contributed by atoms with Gasteiger partial charge in [-0.2, -0.15) is 0 Å². The van der Waals surface area contributed by atoms with Crippen LogP contribution in [0.1, 0.15) is 39.2 Å². The monoisotopic (exact) mass is 323 g/mol. The molecule has 1 unspecified atom stereocenters. The number of methoxy groups -OCH3 is 1. The van der Waals surface area contributed by atoms with E-state index in [0.29, 0.717) is 6.61 Å². The summed E-state index contributed by atoms with van der Waals surface area (Å²) in [7, 11) is 1.70. The van der Waals surface area contributed by atoms with Gasteiger partial charge in [0, 0.05) is 18.7 Å². The summed E-state index contributed by atoms with van der Waals surface area (Å²) in [6, 6.07) is 4.05. The fourth-order valence-corrected chi connectivity index (χ4v) is 3.26. The number of halogens is 1. The van der Waals surface area contributed by atoms with Crippen molar-refractivity contribution in [2.45, 2.75) is 39.7 Å². The van der Waals surface area contributed by atoms with E-state index in [9.17, 15) is 0 Å². The van der Waals surface area contributed by atoms with Crippen LogP contribution in [0, 0.1) is 0 Å². The number of benzene rings is 1. The van der Waals surface area contributed by atoms with Gasteiger partial charge in [-0.1, -0.05) is 31.0 Å². The number of hydrogen-bond acceptors (Lipinski definition) is 3. The van der Waals surface area contributed by atoms with Crippen molar-refractivity contribution in [3.63, 3.8) is 0 Å². The van der Waals surface area contributed by atoms with Gasteiger partial charge in [-0.05, 0) is 38.0 Å². The van der Waals surface area contributed by atoms with Crippen LogP contribution < -0.4 is 9.64 Å². The minimum absolute atomic E-state index is 0.0875. The maximum atomic E-state index is 6.77. The Bertz CT molecular complexity index is 542. The van der Waals surface area contributed by atoms with Crippen LogP contribution >= 0.6 is 11.6 Å². The highest BCUT2D eigenvalue weighted by molar-refractivity contribution is 6.35. The summed E-state index contributed by atoms with van der Waals surface area (Å²) in [6.45, 7) is 8.96. The van der Waals surface area contributed by atoms with E-state index in [1.807, 2.05) is 12.1 Å². The van der Waals surface area contributed by atoms with Gasteiger partial charge in [-0.15, -0.1) is 0 Å². The van der Waals surface area contributed by atoms with Gasteiger partial charge in [0.25, 0.3) is 0 Å². The van der Waals surface area contributed by atoms with E-state index in [2.05, 4.69) is 31.7 Å². The van der Waals surface area contributed by atoms with Crippen LogP contribution in [0.5, 0.6) is 5.75 Å². The average Bonchev–Trinajstić information content (AvgIpc) is 2.95. The molecular formula is C18H26ClNO2. The zero-order valence-corrected chi connectivity index (χ0v) is 14.7. The molecule has 0 saturated carbocycles. The predicted molar refractivity (Wildman–Crippen MR) is 94.2 cm³/mol. The molecule has 0 fully saturated rings. The number of hydrogen-bond donors (Lipinski definition) is 0. The fourth-order valence-electron chi connectivity index (χ4n) is 2.87. The summed E-state index contributed by atoms with van der Waals surface area (Å²) < 4.78 is 11.2. The van der Waals surface area contributed by atoms with E-state index in [-0.39, 0.29) is 6.10 Å². The number of rotatable bonds is 7. The van der Waals surface area contributed by atoms with Crippen LogP contribution in [0.2, 0.25) is 5.02 Å². The second-order valence-corrected chi connectivity index (χ2v) is 5.92. The van der Waals surface area contributed by atoms with Gasteiger partial charge in [0.05, 0.1) is 30.5 Å². The molecule has 0 spiro atoms. The van der Waals surface area contributed by atoms with Crippen molar-refractivity contribution >= 4 is 22.9 Å². The molecule has 0 amide bonds. The first-order valence-electron chi connectivity index (χ1n) is 8.07. The molecule has 1 heterocycles. The zero-order chi connectivity index (χ0) is 16.1. The number of anilines is 1. The third-order valence-electron chi connectivity index (χ3n) is 4.18. The summed E-state index contributed by atoms with van der Waals surface area (Å²) in [4.78, 5) is 2.30. The highest BCUT2D eigenvalue weighted by Crippen LogP contribution is 2.42. The van der Waals surface area contributed by atoms with Gasteiger partial charge in [0.15, 0.2) is 0 Å². The Morgan fingerprint density at radius 1 is 1.36 bits per heavy atom. The Morgan fingerprint density at radius 2 is 2.14 bits per heavy atom. The summed E-state index contributed by atoms with van der Waals surface area (Å²) in [6.07, 6.45) is 4.50. The Balaban J connectivity index is 2.46. The van der Waals surface area contributed by atoms with Crippen LogP contribution in [0.4, 0.5) is 5.69 Å². The van der Waals surface area contributed by atoms with Gasteiger partial charge >= 0.3 is 0 Å². The van der Waals surface area contributed by atoms with Crippen molar-refractivity contribution in [3.8, 4) is 5.75 Å². The number of nitrogens with zero attached hydrogens (tertiary/aromatic N) is 1. The predicted octanol–water partition coefficient (Wildman–Crippen LogP) is 4.78. The van der Waals surface area contributed by atoms with Crippen molar-refractivity contribution in [1.82, 2.24) is 0 Å². The van der Waals surface area contributed by atoms with Gasteiger partial charge < -0.3 is 14.4 Å². The van der Waals surface area contributed by atoms with E-state index < -0.39 is 0 Å². The first-order valence-corrected chi connectivity index (χ1v) is 8.45. The third-order valence-corrected chi connectivity index (χ3v) is 4.56. The van der Waals surface area contributed by atoms with Gasteiger partial charge in [-0.25, -0.2) is 0 Å². The third kappa shape index (κ3) is 3.41. The molecule has 2 rings (SSSR count). The van der Waals surface area contributed by atoms with E-state index in [1.54, 1.807) is 7.11 Å². The molecule has 1 aromatic rings. The molecule has 0 radical (unpaired) electrons. The lowest BCUT2D eigenvalue weighted by Crippen LogP contribution is -2.25. The summed E-state index contributed by atoms with van der Waals surface area (Å²) in [5, 5.41) is 0.765. The Morgan fingerprint density at radius 3 is 2.68 bits per heavy atom. The Kier molecular flexibility index (Phi) is 6.16. The fraction of sp³-hybridized carbons (Fsp3) is 0.556. The molecule has 22 heavy (non-hydrogen) atoms. The maximum absolute atomic E-state index is 6.77. The molecule has 1 atom stereocenters. The van der Waals surface area contributed by atoms with Crippen molar-refractivity contribution in [1.29, 1.82) is 0 Å². The molecule has 3 nitrogen and oxygen atoms in total. The largest absolute Gasteiger partial charge is 0.495 e. The second kappa shape index (κ2) is 7.89. The zero-order valence-electron chi connectivity index (χ0n) is 14.0. The van der Waals surface area contributed by atoms with Crippen molar-refractivity contribution in [2.75, 3.05) is 31.7 Å². The standard InChI is InChI=1S/C18H26ClNO2/c1-5-7-11-20(6-2)18-16(21-4)9-8-15(17(18)19)14-10-12-22-13(14)3/h8-10,13H,5-7,11-12H2,1-4H3. The average molecular weight is 324 g/mol. The minimum atomic E-state index is 0.0875. The normalized spacial score (nSPS) is 17.5. The smallest absolute Gasteiger partial charge is 0.143 e. The molecular weight excluding hydrogens is 298 g/mol. The van der Waals surface area contributed by atoms with Crippen LogP contribution in [0.25, 0.3) is 5.57 Å². The molecule has 0 bridgehead atoms. The molecule has 0 N–H and O–H groups in total. The van der Waals surface area contributed by atoms with Crippen molar-refractivity contribution in [3.05, 3.63) is 28.8 Å². The molecule has 0 aromatic heterocycles. The van der Waals surface area contributed by atoms with E-state index in [1.165, 1.54) is 5.57 Å². The summed E-state index contributed by atoms with van der Waals surface area (Å²) in [5.74, 6) is 0.832. The highest BCUT2D eigenvalue weighted by Gasteiger charge is 2.24. The molecule has 1 aliphatic rings. The van der Waals surface area contributed by atoms with E-state index in [0.717, 1.165) is 48.0 Å². The topological polar surface area (TPSA) is 21.7 Å². The van der Waals surface area contributed by atoms with Crippen LogP contribution in [-0.4, -0.2) is 32.9 Å². The van der Waals surface area contributed by atoms with Gasteiger partial charge in [0.2, 0.25) is 0 Å². The maximum Gasteiger partial charge on any atom is 0.143 e. The molecule has 0 aliphatic carbocycles. The van der Waals surface area contributed by atoms with Crippen molar-refractivity contribution in [2.24, 2.45) is 0 Å². The first kappa shape index (κ1) is 17.2. The molecule has 1 aromatic carbocycles. The number of unbranched alkanes of at least 4 members (excludes halogenated alkanes) is 1. The molecule has 4 heteroatoms. The lowest BCUT2D eigenvalue weighted by Gasteiger charge is -2.27. The number of ether oxygens (including phenoxy) is 2.